The van der Waals surface area contributed by atoms with Gasteiger partial charge in [0.1, 0.15) is 17.2 Å². The maximum Gasteiger partial charge on any atom is 0.214 e. The Labute approximate surface area is 179 Å². The summed E-state index contributed by atoms with van der Waals surface area (Å²) in [6.45, 7) is 3.87. The molecule has 8 heteroatoms. The zero-order valence-corrected chi connectivity index (χ0v) is 17.5. The van der Waals surface area contributed by atoms with Gasteiger partial charge in [-0.25, -0.2) is 14.8 Å². The first-order chi connectivity index (χ1) is 15.0. The highest BCUT2D eigenvalue weighted by Crippen LogP contribution is 2.33. The lowest BCUT2D eigenvalue weighted by Crippen LogP contribution is -2.25. The normalized spacial score (nSPS) is 16.1. The first-order valence-electron chi connectivity index (χ1n) is 9.77. The zero-order chi connectivity index (χ0) is 22.0. The average molecular weight is 418 g/mol. The molecule has 158 valence electrons. The van der Waals surface area contributed by atoms with Crippen LogP contribution >= 0.6 is 0 Å². The van der Waals surface area contributed by atoms with Crippen LogP contribution in [0.15, 0.2) is 71.6 Å². The number of hydrogen-bond donors (Lipinski definition) is 3. The molecular weight excluding hydrogens is 395 g/mol. The molecule has 0 radical (unpaired) electrons. The van der Waals surface area contributed by atoms with Gasteiger partial charge >= 0.3 is 0 Å². The van der Waals surface area contributed by atoms with Crippen LogP contribution in [-0.4, -0.2) is 28.2 Å². The minimum atomic E-state index is -0.346. The van der Waals surface area contributed by atoms with Crippen molar-refractivity contribution in [2.45, 2.75) is 19.9 Å². The number of ether oxygens (including phenoxy) is 1. The molecule has 0 saturated carbocycles. The Hall–Kier alpha value is -3.78. The Morgan fingerprint density at radius 1 is 1.26 bits per heavy atom. The van der Waals surface area contributed by atoms with Crippen molar-refractivity contribution in [3.8, 4) is 0 Å². The van der Waals surface area contributed by atoms with Gasteiger partial charge in [0.15, 0.2) is 5.84 Å². The van der Waals surface area contributed by atoms with E-state index in [1.807, 2.05) is 44.4 Å². The van der Waals surface area contributed by atoms with Gasteiger partial charge < -0.3 is 10.2 Å². The lowest BCUT2D eigenvalue weighted by Gasteiger charge is -2.16. The van der Waals surface area contributed by atoms with Crippen LogP contribution in [0.5, 0.6) is 0 Å². The molecule has 3 aromatic rings. The summed E-state index contributed by atoms with van der Waals surface area (Å²) < 4.78 is 21.4. The van der Waals surface area contributed by atoms with Crippen molar-refractivity contribution in [2.75, 3.05) is 7.11 Å². The lowest BCUT2D eigenvalue weighted by atomic mass is 9.95. The van der Waals surface area contributed by atoms with Crippen molar-refractivity contribution >= 4 is 23.0 Å². The number of halogens is 1. The van der Waals surface area contributed by atoms with Crippen LogP contribution in [0.1, 0.15) is 36.7 Å². The summed E-state index contributed by atoms with van der Waals surface area (Å²) in [5.41, 5.74) is 10.6. The number of pyridine rings is 1. The van der Waals surface area contributed by atoms with Gasteiger partial charge in [-0.15, -0.1) is 0 Å². The smallest absolute Gasteiger partial charge is 0.214 e. The molecule has 2 aromatic heterocycles. The van der Waals surface area contributed by atoms with Gasteiger partial charge in [-0.05, 0) is 43.7 Å². The fourth-order valence-electron chi connectivity index (χ4n) is 3.45. The van der Waals surface area contributed by atoms with Gasteiger partial charge in [-0.3, -0.25) is 9.81 Å². The number of hydrogen-bond acceptors (Lipinski definition) is 5. The molecule has 0 bridgehead atoms. The van der Waals surface area contributed by atoms with E-state index in [4.69, 9.17) is 10.1 Å². The highest BCUT2D eigenvalue weighted by molar-refractivity contribution is 6.05. The molecule has 3 heterocycles. The van der Waals surface area contributed by atoms with Gasteiger partial charge in [0.25, 0.3) is 0 Å². The van der Waals surface area contributed by atoms with E-state index in [1.54, 1.807) is 28.8 Å². The Morgan fingerprint density at radius 3 is 2.81 bits per heavy atom. The molecular formula is C23H23FN6O. The summed E-state index contributed by atoms with van der Waals surface area (Å²) in [5, 5.41) is 8.44. The molecule has 0 aliphatic carbocycles. The van der Waals surface area contributed by atoms with Crippen LogP contribution in [0.4, 0.5) is 4.39 Å². The SMILES string of the molecule is CO/C(C=C(C)C)=N\C(=N)c1cnc2ccc(C3=CNNC3c3ccccc3F)cn12. The number of amidine groups is 1. The largest absolute Gasteiger partial charge is 0.481 e. The number of aliphatic imine (C=N–C) groups is 1. The van der Waals surface area contributed by atoms with Crippen LogP contribution in [0, 0.1) is 11.2 Å². The van der Waals surface area contributed by atoms with Gasteiger partial charge in [0.05, 0.1) is 19.3 Å². The van der Waals surface area contributed by atoms with Crippen LogP contribution in [0.25, 0.3) is 11.2 Å². The zero-order valence-electron chi connectivity index (χ0n) is 17.5. The first-order valence-corrected chi connectivity index (χ1v) is 9.77. The summed E-state index contributed by atoms with van der Waals surface area (Å²) in [4.78, 5) is 8.66. The van der Waals surface area contributed by atoms with Crippen molar-refractivity contribution < 1.29 is 9.13 Å². The second kappa shape index (κ2) is 8.53. The van der Waals surface area contributed by atoms with E-state index in [1.165, 1.54) is 13.2 Å². The van der Waals surface area contributed by atoms with Gasteiger partial charge in [-0.1, -0.05) is 23.8 Å². The molecule has 0 spiro atoms. The number of aromatic nitrogens is 2. The molecule has 1 unspecified atom stereocenters. The van der Waals surface area contributed by atoms with Gasteiger partial charge in [-0.2, -0.15) is 4.99 Å². The predicted molar refractivity (Wildman–Crippen MR) is 119 cm³/mol. The number of benzene rings is 1. The highest BCUT2D eigenvalue weighted by atomic mass is 19.1. The molecule has 1 aliphatic heterocycles. The van der Waals surface area contributed by atoms with E-state index in [-0.39, 0.29) is 17.7 Å². The number of fused-ring (bicyclic) bond motifs is 1. The number of imidazole rings is 1. The Morgan fingerprint density at radius 2 is 2.06 bits per heavy atom. The van der Waals surface area contributed by atoms with E-state index in [0.717, 1.165) is 16.7 Å². The van der Waals surface area contributed by atoms with E-state index < -0.39 is 0 Å². The molecule has 0 fully saturated rings. The van der Waals surface area contributed by atoms with Gasteiger partial charge in [0, 0.05) is 23.5 Å². The second-order valence-corrected chi connectivity index (χ2v) is 7.36. The average Bonchev–Trinajstić information content (AvgIpc) is 3.40. The fraction of sp³-hybridized carbons (Fsp3) is 0.174. The highest BCUT2D eigenvalue weighted by Gasteiger charge is 2.25. The number of methoxy groups -OCH3 is 1. The van der Waals surface area contributed by atoms with Crippen LogP contribution in [0.2, 0.25) is 0 Å². The quantitative estimate of drug-likeness (QED) is 0.442. The summed E-state index contributed by atoms with van der Waals surface area (Å²) in [7, 11) is 1.52. The topological polar surface area (TPSA) is 86.8 Å². The number of allylic oxidation sites excluding steroid dienone is 1. The molecule has 31 heavy (non-hydrogen) atoms. The Kier molecular flexibility index (Phi) is 5.64. The lowest BCUT2D eigenvalue weighted by molar-refractivity contribution is 0.407. The first kappa shape index (κ1) is 20.5. The van der Waals surface area contributed by atoms with Crippen molar-refractivity contribution in [3.63, 3.8) is 0 Å². The molecule has 1 aromatic carbocycles. The summed E-state index contributed by atoms with van der Waals surface area (Å²) in [5.74, 6) is 0.102. The molecule has 1 aliphatic rings. The summed E-state index contributed by atoms with van der Waals surface area (Å²) >= 11 is 0. The molecule has 4 rings (SSSR count). The maximum atomic E-state index is 14.4. The molecule has 0 amide bonds. The number of rotatable bonds is 4. The van der Waals surface area contributed by atoms with Crippen LogP contribution in [0.3, 0.4) is 0 Å². The Balaban J connectivity index is 1.72. The monoisotopic (exact) mass is 418 g/mol. The van der Waals surface area contributed by atoms with E-state index in [2.05, 4.69) is 20.8 Å². The summed E-state index contributed by atoms with van der Waals surface area (Å²) in [6, 6.07) is 10.1. The van der Waals surface area contributed by atoms with Crippen molar-refractivity contribution in [3.05, 3.63) is 89.3 Å². The third-order valence-corrected chi connectivity index (χ3v) is 4.91. The van der Waals surface area contributed by atoms with Gasteiger partial charge in [0.2, 0.25) is 5.90 Å². The van der Waals surface area contributed by atoms with Crippen LogP contribution < -0.4 is 10.9 Å². The third kappa shape index (κ3) is 4.10. The number of hydrazine groups is 1. The number of nitrogens with one attached hydrogen (secondary N) is 3. The van der Waals surface area contributed by atoms with E-state index in [9.17, 15) is 4.39 Å². The number of nitrogens with zero attached hydrogens (tertiary/aromatic N) is 3. The third-order valence-electron chi connectivity index (χ3n) is 4.91. The van der Waals surface area contributed by atoms with Crippen molar-refractivity contribution in [2.24, 2.45) is 4.99 Å². The molecule has 1 atom stereocenters. The van der Waals surface area contributed by atoms with E-state index in [0.29, 0.717) is 22.8 Å². The maximum absolute atomic E-state index is 14.4. The molecule has 0 saturated heterocycles. The fourth-order valence-corrected chi connectivity index (χ4v) is 3.45. The van der Waals surface area contributed by atoms with Crippen LogP contribution in [-0.2, 0) is 4.74 Å². The minimum absolute atomic E-state index is 0.0290. The molecule has 7 nitrogen and oxygen atoms in total. The second-order valence-electron chi connectivity index (χ2n) is 7.36. The van der Waals surface area contributed by atoms with E-state index >= 15 is 0 Å². The standard InChI is InChI=1S/C23H23FN6O/c1-14(2)10-21(31-3)28-23(25)19-12-26-20-9-8-15(13-30(19)20)17-11-27-29-22(17)16-6-4-5-7-18(16)24/h4-13,22,25,27,29H,1-3H3/b25-23?,28-21-. The predicted octanol–water partition coefficient (Wildman–Crippen LogP) is 4.00. The molecule has 3 N–H and O–H groups in total. The van der Waals surface area contributed by atoms with Crippen molar-refractivity contribution in [1.82, 2.24) is 20.2 Å². The minimum Gasteiger partial charge on any atom is -0.481 e. The summed E-state index contributed by atoms with van der Waals surface area (Å²) in [6.07, 6.45) is 7.07. The van der Waals surface area contributed by atoms with Crippen molar-refractivity contribution in [1.29, 1.82) is 5.41 Å². The Bertz CT molecular complexity index is 1240.